The van der Waals surface area contributed by atoms with Crippen molar-refractivity contribution in [2.75, 3.05) is 0 Å². The Labute approximate surface area is 72.5 Å². The lowest BCUT2D eigenvalue weighted by Crippen LogP contribution is -1.90. The molecular formula is C10H14O2. The summed E-state index contributed by atoms with van der Waals surface area (Å²) >= 11 is 0. The van der Waals surface area contributed by atoms with Crippen molar-refractivity contribution < 1.29 is 10.2 Å². The van der Waals surface area contributed by atoms with Crippen molar-refractivity contribution in [2.45, 2.75) is 26.7 Å². The fourth-order valence-electron chi connectivity index (χ4n) is 1.28. The smallest absolute Gasteiger partial charge is 0.125 e. The summed E-state index contributed by atoms with van der Waals surface area (Å²) in [6, 6.07) is 3.32. The molecule has 12 heavy (non-hydrogen) atoms. The molecule has 0 saturated heterocycles. The van der Waals surface area contributed by atoms with Crippen LogP contribution in [-0.4, -0.2) is 10.2 Å². The molecule has 0 amide bonds. The fourth-order valence-corrected chi connectivity index (χ4v) is 1.28. The van der Waals surface area contributed by atoms with Crippen molar-refractivity contribution >= 4 is 0 Å². The second kappa shape index (κ2) is 3.05. The van der Waals surface area contributed by atoms with Crippen molar-refractivity contribution in [2.24, 2.45) is 0 Å². The lowest BCUT2D eigenvalue weighted by Gasteiger charge is -2.11. The number of hydrogen-bond acceptors (Lipinski definition) is 2. The van der Waals surface area contributed by atoms with Crippen molar-refractivity contribution in [1.29, 1.82) is 0 Å². The maximum Gasteiger partial charge on any atom is 0.125 e. The number of benzene rings is 1. The molecule has 0 heterocycles. The average molecular weight is 166 g/mol. The predicted octanol–water partition coefficient (Wildman–Crippen LogP) is 2.53. The minimum Gasteiger partial charge on any atom is -0.508 e. The van der Waals surface area contributed by atoms with Crippen LogP contribution in [0, 0.1) is 6.92 Å². The highest BCUT2D eigenvalue weighted by atomic mass is 16.3. The van der Waals surface area contributed by atoms with Gasteiger partial charge in [0.25, 0.3) is 0 Å². The molecule has 0 bridgehead atoms. The summed E-state index contributed by atoms with van der Waals surface area (Å²) in [7, 11) is 0. The molecule has 1 rings (SSSR count). The van der Waals surface area contributed by atoms with Crippen molar-refractivity contribution in [1.82, 2.24) is 0 Å². The zero-order chi connectivity index (χ0) is 9.30. The topological polar surface area (TPSA) is 40.5 Å². The fraction of sp³-hybridized carbons (Fsp3) is 0.400. The summed E-state index contributed by atoms with van der Waals surface area (Å²) in [5.74, 6) is 0.531. The molecular weight excluding hydrogens is 152 g/mol. The molecule has 0 aliphatic heterocycles. The van der Waals surface area contributed by atoms with Crippen LogP contribution in [0.15, 0.2) is 12.1 Å². The normalized spacial score (nSPS) is 10.7. The maximum absolute atomic E-state index is 9.59. The van der Waals surface area contributed by atoms with E-state index < -0.39 is 0 Å². The summed E-state index contributed by atoms with van der Waals surface area (Å²) in [6.45, 7) is 5.70. The highest BCUT2D eigenvalue weighted by Gasteiger charge is 2.12. The van der Waals surface area contributed by atoms with Crippen LogP contribution in [-0.2, 0) is 0 Å². The molecule has 0 unspecified atom stereocenters. The summed E-state index contributed by atoms with van der Waals surface area (Å²) in [6.07, 6.45) is 0. The van der Waals surface area contributed by atoms with Crippen molar-refractivity contribution in [3.63, 3.8) is 0 Å². The van der Waals surface area contributed by atoms with Gasteiger partial charge in [-0.3, -0.25) is 0 Å². The SMILES string of the molecule is Cc1ccc(O)c(C(C)C)c1O. The largest absolute Gasteiger partial charge is 0.508 e. The summed E-state index contributed by atoms with van der Waals surface area (Å²) in [5.41, 5.74) is 1.44. The van der Waals surface area contributed by atoms with Crippen LogP contribution >= 0.6 is 0 Å². The van der Waals surface area contributed by atoms with E-state index in [9.17, 15) is 10.2 Å². The van der Waals surface area contributed by atoms with Gasteiger partial charge in [0.05, 0.1) is 0 Å². The molecule has 1 aromatic rings. The Kier molecular flexibility index (Phi) is 2.27. The Balaban J connectivity index is 3.33. The molecule has 2 nitrogen and oxygen atoms in total. The molecule has 0 spiro atoms. The third kappa shape index (κ3) is 1.37. The van der Waals surface area contributed by atoms with Crippen molar-refractivity contribution in [3.8, 4) is 11.5 Å². The van der Waals surface area contributed by atoms with Crippen LogP contribution in [0.3, 0.4) is 0 Å². The van der Waals surface area contributed by atoms with Gasteiger partial charge in [0.2, 0.25) is 0 Å². The Morgan fingerprint density at radius 3 is 2.17 bits per heavy atom. The molecule has 2 heteroatoms. The van der Waals surface area contributed by atoms with Crippen LogP contribution < -0.4 is 0 Å². The lowest BCUT2D eigenvalue weighted by atomic mass is 9.98. The number of phenolic OH excluding ortho intramolecular Hbond substituents is 2. The van der Waals surface area contributed by atoms with Crippen LogP contribution in [0.2, 0.25) is 0 Å². The van der Waals surface area contributed by atoms with Crippen LogP contribution in [0.5, 0.6) is 11.5 Å². The first-order valence-corrected chi connectivity index (χ1v) is 4.05. The van der Waals surface area contributed by atoms with E-state index in [0.29, 0.717) is 5.56 Å². The van der Waals surface area contributed by atoms with Gasteiger partial charge >= 0.3 is 0 Å². The molecule has 1 aromatic carbocycles. The zero-order valence-corrected chi connectivity index (χ0v) is 7.63. The standard InChI is InChI=1S/C10H14O2/c1-6(2)9-8(11)5-4-7(3)10(9)12/h4-6,11-12H,1-3H3. The van der Waals surface area contributed by atoms with E-state index in [4.69, 9.17) is 0 Å². The first kappa shape index (κ1) is 8.91. The highest BCUT2D eigenvalue weighted by Crippen LogP contribution is 2.35. The third-order valence-electron chi connectivity index (χ3n) is 1.97. The first-order chi connectivity index (χ1) is 5.54. The number of hydrogen-bond donors (Lipinski definition) is 2. The molecule has 66 valence electrons. The monoisotopic (exact) mass is 166 g/mol. The minimum atomic E-state index is 0.143. The number of phenols is 2. The lowest BCUT2D eigenvalue weighted by molar-refractivity contribution is 0.431. The van der Waals surface area contributed by atoms with E-state index in [1.54, 1.807) is 12.1 Å². The van der Waals surface area contributed by atoms with Crippen LogP contribution in [0.4, 0.5) is 0 Å². The van der Waals surface area contributed by atoms with Gasteiger partial charge in [-0.05, 0) is 24.5 Å². The highest BCUT2D eigenvalue weighted by molar-refractivity contribution is 5.49. The van der Waals surface area contributed by atoms with Gasteiger partial charge in [-0.15, -0.1) is 0 Å². The van der Waals surface area contributed by atoms with E-state index in [1.807, 2.05) is 20.8 Å². The van der Waals surface area contributed by atoms with E-state index in [1.165, 1.54) is 0 Å². The zero-order valence-electron chi connectivity index (χ0n) is 7.63. The van der Waals surface area contributed by atoms with Gasteiger partial charge in [0.1, 0.15) is 11.5 Å². The second-order valence-electron chi connectivity index (χ2n) is 3.32. The summed E-state index contributed by atoms with van der Waals surface area (Å²) in [4.78, 5) is 0. The van der Waals surface area contributed by atoms with Crippen LogP contribution in [0.1, 0.15) is 30.9 Å². The Morgan fingerprint density at radius 2 is 1.75 bits per heavy atom. The maximum atomic E-state index is 9.59. The van der Waals surface area contributed by atoms with Gasteiger partial charge in [-0.25, -0.2) is 0 Å². The summed E-state index contributed by atoms with van der Waals surface area (Å²) < 4.78 is 0. The van der Waals surface area contributed by atoms with Gasteiger partial charge < -0.3 is 10.2 Å². The number of aryl methyl sites for hydroxylation is 1. The molecule has 0 radical (unpaired) electrons. The molecule has 0 aromatic heterocycles. The van der Waals surface area contributed by atoms with Crippen LogP contribution in [0.25, 0.3) is 0 Å². The van der Waals surface area contributed by atoms with Gasteiger partial charge in [-0.1, -0.05) is 19.9 Å². The van der Waals surface area contributed by atoms with E-state index in [-0.39, 0.29) is 17.4 Å². The number of aromatic hydroxyl groups is 2. The van der Waals surface area contributed by atoms with E-state index in [0.717, 1.165) is 5.56 Å². The van der Waals surface area contributed by atoms with E-state index >= 15 is 0 Å². The Hall–Kier alpha value is -1.18. The average Bonchev–Trinajstić information content (AvgIpc) is 1.97. The summed E-state index contributed by atoms with van der Waals surface area (Å²) in [5, 5.41) is 19.0. The first-order valence-electron chi connectivity index (χ1n) is 4.05. The third-order valence-corrected chi connectivity index (χ3v) is 1.97. The quantitative estimate of drug-likeness (QED) is 0.673. The Bertz CT molecular complexity index is 290. The molecule has 0 aliphatic rings. The van der Waals surface area contributed by atoms with E-state index in [2.05, 4.69) is 0 Å². The van der Waals surface area contributed by atoms with Gasteiger partial charge in [0, 0.05) is 5.56 Å². The van der Waals surface area contributed by atoms with Gasteiger partial charge in [0.15, 0.2) is 0 Å². The Morgan fingerprint density at radius 1 is 1.17 bits per heavy atom. The molecule has 0 atom stereocenters. The predicted molar refractivity (Wildman–Crippen MR) is 48.6 cm³/mol. The molecule has 0 fully saturated rings. The molecule has 0 saturated carbocycles. The van der Waals surface area contributed by atoms with Gasteiger partial charge in [-0.2, -0.15) is 0 Å². The second-order valence-corrected chi connectivity index (χ2v) is 3.32. The number of rotatable bonds is 1. The minimum absolute atomic E-state index is 0.143. The molecule has 2 N–H and O–H groups in total. The van der Waals surface area contributed by atoms with Crippen molar-refractivity contribution in [3.05, 3.63) is 23.3 Å². The molecule has 0 aliphatic carbocycles.